The van der Waals surface area contributed by atoms with Crippen molar-refractivity contribution in [1.29, 1.82) is 0 Å². The summed E-state index contributed by atoms with van der Waals surface area (Å²) in [6, 6.07) is 10.3. The first kappa shape index (κ1) is 22.5. The number of amides is 1. The maximum absolute atomic E-state index is 12.0. The van der Waals surface area contributed by atoms with Gasteiger partial charge in [0.15, 0.2) is 0 Å². The average molecular weight is 431 g/mol. The van der Waals surface area contributed by atoms with Crippen molar-refractivity contribution in [2.45, 2.75) is 39.3 Å². The molecule has 3 rings (SSSR count). The Hall–Kier alpha value is -2.22. The first-order chi connectivity index (χ1) is 14.5. The number of rotatable bonds is 9. The highest BCUT2D eigenvalue weighted by molar-refractivity contribution is 6.30. The van der Waals surface area contributed by atoms with Gasteiger partial charge in [-0.25, -0.2) is 9.97 Å². The van der Waals surface area contributed by atoms with Crippen LogP contribution in [-0.2, 0) is 6.54 Å². The molecule has 0 aliphatic carbocycles. The lowest BCUT2D eigenvalue weighted by atomic mass is 10.0. The highest BCUT2D eigenvalue weighted by Gasteiger charge is 2.18. The van der Waals surface area contributed by atoms with Crippen LogP contribution in [0.25, 0.3) is 0 Å². The molecule has 3 N–H and O–H groups in total. The number of halogens is 1. The third kappa shape index (κ3) is 6.93. The third-order valence-corrected chi connectivity index (χ3v) is 5.42. The number of likely N-dealkylation sites (tertiary alicyclic amines) is 1. The van der Waals surface area contributed by atoms with E-state index >= 15 is 0 Å². The maximum atomic E-state index is 12.0. The van der Waals surface area contributed by atoms with E-state index in [0.717, 1.165) is 49.7 Å². The largest absolute Gasteiger partial charge is 0.353 e. The molecule has 1 amide bonds. The smallest absolute Gasteiger partial charge is 0.270 e. The maximum Gasteiger partial charge on any atom is 0.270 e. The molecule has 1 fully saturated rings. The molecule has 0 atom stereocenters. The van der Waals surface area contributed by atoms with Gasteiger partial charge in [0.25, 0.3) is 5.91 Å². The predicted octanol–water partition coefficient (Wildman–Crippen LogP) is 2.85. The number of carbonyl (C=O) groups excluding carboxylic acids is 1. The molecule has 1 aromatic carbocycles. The van der Waals surface area contributed by atoms with E-state index < -0.39 is 0 Å². The molecule has 162 valence electrons. The van der Waals surface area contributed by atoms with Crippen LogP contribution in [-0.4, -0.2) is 59.5 Å². The Labute approximate surface area is 183 Å². The summed E-state index contributed by atoms with van der Waals surface area (Å²) < 4.78 is 0. The second kappa shape index (κ2) is 11.2. The number of piperidine rings is 1. The van der Waals surface area contributed by atoms with Gasteiger partial charge in [-0.05, 0) is 63.5 Å². The fraction of sp³-hybridized carbons (Fsp3) is 0.500. The van der Waals surface area contributed by atoms with Crippen molar-refractivity contribution < 1.29 is 4.79 Å². The minimum atomic E-state index is -0.172. The molecule has 1 saturated heterocycles. The van der Waals surface area contributed by atoms with Crippen molar-refractivity contribution in [3.8, 4) is 0 Å². The summed E-state index contributed by atoms with van der Waals surface area (Å²) in [7, 11) is 0. The van der Waals surface area contributed by atoms with Crippen molar-refractivity contribution >= 4 is 23.5 Å². The van der Waals surface area contributed by atoms with Gasteiger partial charge >= 0.3 is 0 Å². The minimum absolute atomic E-state index is 0.172. The van der Waals surface area contributed by atoms with E-state index in [-0.39, 0.29) is 5.91 Å². The lowest BCUT2D eigenvalue weighted by Gasteiger charge is -2.32. The standard InChI is InChI=1S/C22H31ClN6O/c1-3-24-21(30)20-14-16(2)27-22(28-20)26-11-10-25-19-8-12-29(13-9-19)15-17-4-6-18(23)7-5-17/h4-7,14,19,25H,3,8-13,15H2,1-2H3,(H,24,30)(H,26,27,28). The zero-order chi connectivity index (χ0) is 21.3. The topological polar surface area (TPSA) is 82.2 Å². The van der Waals surface area contributed by atoms with E-state index in [1.165, 1.54) is 5.56 Å². The van der Waals surface area contributed by atoms with Gasteiger partial charge in [-0.15, -0.1) is 0 Å². The molecule has 1 aliphatic heterocycles. The van der Waals surface area contributed by atoms with Gasteiger partial charge in [0.05, 0.1) is 0 Å². The third-order valence-electron chi connectivity index (χ3n) is 5.17. The Morgan fingerprint density at radius 3 is 2.60 bits per heavy atom. The van der Waals surface area contributed by atoms with E-state index in [1.54, 1.807) is 6.07 Å². The molecule has 0 unspecified atom stereocenters. The summed E-state index contributed by atoms with van der Waals surface area (Å²) in [6.45, 7) is 9.02. The number of benzene rings is 1. The van der Waals surface area contributed by atoms with Gasteiger partial charge < -0.3 is 16.0 Å². The molecular weight excluding hydrogens is 400 g/mol. The Balaban J connectivity index is 1.36. The molecule has 1 aromatic heterocycles. The zero-order valence-electron chi connectivity index (χ0n) is 17.7. The molecular formula is C22H31ClN6O. The second-order valence-electron chi connectivity index (χ2n) is 7.64. The van der Waals surface area contributed by atoms with E-state index in [2.05, 4.69) is 43.0 Å². The number of nitrogens with zero attached hydrogens (tertiary/aromatic N) is 3. The number of aromatic nitrogens is 2. The number of nitrogens with one attached hydrogen (secondary N) is 3. The van der Waals surface area contributed by atoms with Gasteiger partial charge in [0, 0.05) is 42.9 Å². The number of hydrogen-bond acceptors (Lipinski definition) is 6. The van der Waals surface area contributed by atoms with E-state index in [4.69, 9.17) is 11.6 Å². The van der Waals surface area contributed by atoms with Gasteiger partial charge in [0.1, 0.15) is 5.69 Å². The molecule has 2 heterocycles. The zero-order valence-corrected chi connectivity index (χ0v) is 18.5. The minimum Gasteiger partial charge on any atom is -0.353 e. The highest BCUT2D eigenvalue weighted by Crippen LogP contribution is 2.16. The second-order valence-corrected chi connectivity index (χ2v) is 8.07. The Morgan fingerprint density at radius 2 is 1.90 bits per heavy atom. The van der Waals surface area contributed by atoms with Crippen LogP contribution in [0.4, 0.5) is 5.95 Å². The van der Waals surface area contributed by atoms with E-state index in [1.807, 2.05) is 26.0 Å². The fourth-order valence-corrected chi connectivity index (χ4v) is 3.73. The van der Waals surface area contributed by atoms with Crippen molar-refractivity contribution in [3.63, 3.8) is 0 Å². The van der Waals surface area contributed by atoms with Crippen LogP contribution in [0, 0.1) is 6.92 Å². The summed E-state index contributed by atoms with van der Waals surface area (Å²) in [5.41, 5.74) is 2.47. The molecule has 0 bridgehead atoms. The normalized spacial score (nSPS) is 15.2. The molecule has 0 spiro atoms. The molecule has 7 nitrogen and oxygen atoms in total. The molecule has 0 radical (unpaired) electrons. The monoisotopic (exact) mass is 430 g/mol. The van der Waals surface area contributed by atoms with Crippen LogP contribution in [0.1, 0.15) is 41.5 Å². The first-order valence-corrected chi connectivity index (χ1v) is 11.0. The summed E-state index contributed by atoms with van der Waals surface area (Å²) in [4.78, 5) is 23.2. The number of aryl methyl sites for hydroxylation is 1. The van der Waals surface area contributed by atoms with Gasteiger partial charge in [-0.3, -0.25) is 9.69 Å². The Kier molecular flexibility index (Phi) is 8.42. The molecule has 2 aromatic rings. The molecule has 1 aliphatic rings. The molecule has 8 heteroatoms. The summed E-state index contributed by atoms with van der Waals surface area (Å²) >= 11 is 5.96. The summed E-state index contributed by atoms with van der Waals surface area (Å²) in [5, 5.41) is 10.4. The van der Waals surface area contributed by atoms with E-state index in [9.17, 15) is 4.79 Å². The summed E-state index contributed by atoms with van der Waals surface area (Å²) in [5.74, 6) is 0.324. The Morgan fingerprint density at radius 1 is 1.17 bits per heavy atom. The van der Waals surface area contributed by atoms with Crippen LogP contribution in [0.15, 0.2) is 30.3 Å². The van der Waals surface area contributed by atoms with Gasteiger partial charge in [-0.1, -0.05) is 23.7 Å². The van der Waals surface area contributed by atoms with Gasteiger partial charge in [0.2, 0.25) is 5.95 Å². The lowest BCUT2D eigenvalue weighted by Crippen LogP contribution is -2.43. The molecule has 0 saturated carbocycles. The average Bonchev–Trinajstić information content (AvgIpc) is 2.74. The number of carbonyl (C=O) groups is 1. The van der Waals surface area contributed by atoms with Crippen LogP contribution < -0.4 is 16.0 Å². The van der Waals surface area contributed by atoms with Crippen molar-refractivity contribution in [2.75, 3.05) is 38.0 Å². The first-order valence-electron chi connectivity index (χ1n) is 10.6. The number of anilines is 1. The highest BCUT2D eigenvalue weighted by atomic mass is 35.5. The Bertz CT molecular complexity index is 821. The fourth-order valence-electron chi connectivity index (χ4n) is 3.61. The van der Waals surface area contributed by atoms with Crippen LogP contribution >= 0.6 is 11.6 Å². The quantitative estimate of drug-likeness (QED) is 0.531. The van der Waals surface area contributed by atoms with Crippen LogP contribution in [0.2, 0.25) is 5.02 Å². The summed E-state index contributed by atoms with van der Waals surface area (Å²) in [6.07, 6.45) is 2.27. The van der Waals surface area contributed by atoms with E-state index in [0.29, 0.717) is 30.8 Å². The number of hydrogen-bond donors (Lipinski definition) is 3. The molecule has 30 heavy (non-hydrogen) atoms. The lowest BCUT2D eigenvalue weighted by molar-refractivity contribution is 0.0950. The van der Waals surface area contributed by atoms with Crippen molar-refractivity contribution in [1.82, 2.24) is 25.5 Å². The predicted molar refractivity (Wildman–Crippen MR) is 121 cm³/mol. The van der Waals surface area contributed by atoms with Crippen molar-refractivity contribution in [3.05, 3.63) is 52.3 Å². The van der Waals surface area contributed by atoms with Crippen molar-refractivity contribution in [2.24, 2.45) is 0 Å². The SMILES string of the molecule is CCNC(=O)c1cc(C)nc(NCCNC2CCN(Cc3ccc(Cl)cc3)CC2)n1. The van der Waals surface area contributed by atoms with Gasteiger partial charge in [-0.2, -0.15) is 0 Å². The van der Waals surface area contributed by atoms with Crippen LogP contribution in [0.5, 0.6) is 0 Å². The van der Waals surface area contributed by atoms with Crippen LogP contribution in [0.3, 0.4) is 0 Å².